The number of benzene rings is 4. The Balaban J connectivity index is 1.96. The van der Waals surface area contributed by atoms with Crippen LogP contribution in [-0.4, -0.2) is 59.7 Å². The summed E-state index contributed by atoms with van der Waals surface area (Å²) in [6, 6.07) is 31.6. The second-order valence-corrected chi connectivity index (χ2v) is 17.1. The first-order valence-corrected chi connectivity index (χ1v) is 18.0. The maximum Gasteiger partial charge on any atom is 0.261 e. The molecule has 0 bridgehead atoms. The first-order chi connectivity index (χ1) is 23.0. The van der Waals surface area contributed by atoms with Crippen LogP contribution in [0.15, 0.2) is 97.1 Å². The third-order valence-electron chi connectivity index (χ3n) is 8.85. The first kappa shape index (κ1) is 36.4. The van der Waals surface area contributed by atoms with Gasteiger partial charge in [-0.1, -0.05) is 99.6 Å². The van der Waals surface area contributed by atoms with Gasteiger partial charge in [-0.15, -0.1) is 0 Å². The Morgan fingerprint density at radius 2 is 1.44 bits per heavy atom. The molecular weight excluding hydrogens is 623 g/mol. The predicted octanol–water partition coefficient (Wildman–Crippen LogP) is 5.75. The van der Waals surface area contributed by atoms with Gasteiger partial charge < -0.3 is 29.1 Å². The van der Waals surface area contributed by atoms with Crippen LogP contribution in [0.2, 0.25) is 5.04 Å². The molecule has 4 aromatic rings. The number of ether oxygens (including phenoxy) is 3. The van der Waals surface area contributed by atoms with Crippen molar-refractivity contribution in [3.8, 4) is 17.2 Å². The van der Waals surface area contributed by atoms with Gasteiger partial charge >= 0.3 is 0 Å². The van der Waals surface area contributed by atoms with E-state index in [1.807, 2.05) is 60.7 Å². The number of aliphatic hydroxyl groups excluding tert-OH is 1. The number of carbonyl (C=O) groups is 2. The van der Waals surface area contributed by atoms with Crippen molar-refractivity contribution in [3.05, 3.63) is 108 Å². The van der Waals surface area contributed by atoms with Crippen LogP contribution in [0, 0.1) is 5.92 Å². The average Bonchev–Trinajstić information content (AvgIpc) is 3.09. The SMILES string of the molecule is COc1ccc(CC(C(=O)CO)[C@@H](CO[Si](c2ccccc2)(c2ccccc2)C(C)(C)C)c2cccc(NC(C)=O)c2OC)c(OC)c1. The van der Waals surface area contributed by atoms with Crippen molar-refractivity contribution in [1.82, 2.24) is 0 Å². The van der Waals surface area contributed by atoms with E-state index in [4.69, 9.17) is 18.6 Å². The van der Waals surface area contributed by atoms with Gasteiger partial charge in [0.25, 0.3) is 8.32 Å². The molecule has 0 radical (unpaired) electrons. The number of aliphatic hydroxyl groups is 1. The van der Waals surface area contributed by atoms with Gasteiger partial charge in [0.2, 0.25) is 5.91 Å². The zero-order chi connectivity index (χ0) is 34.9. The monoisotopic (exact) mass is 669 g/mol. The van der Waals surface area contributed by atoms with E-state index in [0.29, 0.717) is 28.5 Å². The lowest BCUT2D eigenvalue weighted by atomic mass is 9.79. The molecule has 0 saturated heterocycles. The Kier molecular flexibility index (Phi) is 12.2. The van der Waals surface area contributed by atoms with Gasteiger partial charge in [0.1, 0.15) is 23.9 Å². The quantitative estimate of drug-likeness (QED) is 0.155. The molecule has 2 N–H and O–H groups in total. The number of hydrogen-bond donors (Lipinski definition) is 2. The molecule has 0 heterocycles. The Labute approximate surface area is 285 Å². The molecule has 1 unspecified atom stereocenters. The number of rotatable bonds is 15. The summed E-state index contributed by atoms with van der Waals surface area (Å²) < 4.78 is 24.5. The Morgan fingerprint density at radius 1 is 0.812 bits per heavy atom. The number of para-hydroxylation sites is 1. The van der Waals surface area contributed by atoms with Crippen LogP contribution in [0.25, 0.3) is 0 Å². The van der Waals surface area contributed by atoms with Crippen molar-refractivity contribution < 1.29 is 33.3 Å². The van der Waals surface area contributed by atoms with Crippen LogP contribution in [0.1, 0.15) is 44.7 Å². The Morgan fingerprint density at radius 3 is 1.94 bits per heavy atom. The molecule has 2 atom stereocenters. The summed E-state index contributed by atoms with van der Waals surface area (Å²) >= 11 is 0. The van der Waals surface area contributed by atoms with Gasteiger partial charge in [-0.25, -0.2) is 0 Å². The third-order valence-corrected chi connectivity index (χ3v) is 13.8. The minimum absolute atomic E-state index is 0.127. The maximum absolute atomic E-state index is 13.9. The second kappa shape index (κ2) is 16.1. The van der Waals surface area contributed by atoms with E-state index < -0.39 is 26.8 Å². The molecule has 0 aliphatic heterocycles. The van der Waals surface area contributed by atoms with Crippen molar-refractivity contribution >= 4 is 36.1 Å². The maximum atomic E-state index is 13.9. The number of nitrogens with one attached hydrogen (secondary N) is 1. The number of amides is 1. The molecule has 48 heavy (non-hydrogen) atoms. The number of hydrogen-bond acceptors (Lipinski definition) is 7. The van der Waals surface area contributed by atoms with E-state index in [2.05, 4.69) is 50.4 Å². The number of anilines is 1. The molecule has 0 aromatic heterocycles. The fraction of sp³-hybridized carbons (Fsp3) is 0.333. The molecule has 0 aliphatic carbocycles. The minimum atomic E-state index is -3.05. The highest BCUT2D eigenvalue weighted by Gasteiger charge is 2.51. The van der Waals surface area contributed by atoms with Crippen LogP contribution in [0.3, 0.4) is 0 Å². The molecule has 0 aliphatic rings. The lowest BCUT2D eigenvalue weighted by Crippen LogP contribution is -2.67. The van der Waals surface area contributed by atoms with E-state index in [0.717, 1.165) is 15.9 Å². The van der Waals surface area contributed by atoms with Crippen LogP contribution in [0.4, 0.5) is 5.69 Å². The smallest absolute Gasteiger partial charge is 0.261 e. The highest BCUT2D eigenvalue weighted by Crippen LogP contribution is 2.43. The van der Waals surface area contributed by atoms with E-state index in [-0.39, 0.29) is 29.8 Å². The fourth-order valence-electron chi connectivity index (χ4n) is 6.62. The van der Waals surface area contributed by atoms with E-state index in [9.17, 15) is 14.7 Å². The molecular formula is C39H47NO7Si. The van der Waals surface area contributed by atoms with E-state index >= 15 is 0 Å². The number of methoxy groups -OCH3 is 3. The summed E-state index contributed by atoms with van der Waals surface area (Å²) in [5.41, 5.74) is 1.94. The van der Waals surface area contributed by atoms with Crippen molar-refractivity contribution in [3.63, 3.8) is 0 Å². The van der Waals surface area contributed by atoms with Gasteiger partial charge in [-0.3, -0.25) is 9.59 Å². The van der Waals surface area contributed by atoms with Crippen molar-refractivity contribution in [2.24, 2.45) is 5.92 Å². The van der Waals surface area contributed by atoms with Crippen LogP contribution in [-0.2, 0) is 20.4 Å². The molecule has 4 rings (SSSR count). The normalized spacial score (nSPS) is 12.9. The number of carbonyl (C=O) groups excluding carboxylic acids is 2. The van der Waals surface area contributed by atoms with Crippen LogP contribution >= 0.6 is 0 Å². The van der Waals surface area contributed by atoms with Gasteiger partial charge in [-0.2, -0.15) is 0 Å². The molecule has 0 spiro atoms. The van der Waals surface area contributed by atoms with Gasteiger partial charge in [0, 0.05) is 37.0 Å². The summed E-state index contributed by atoms with van der Waals surface area (Å²) in [5.74, 6) is -0.333. The topological polar surface area (TPSA) is 103 Å². The van der Waals surface area contributed by atoms with Crippen LogP contribution < -0.4 is 29.9 Å². The fourth-order valence-corrected chi connectivity index (χ4v) is 11.2. The predicted molar refractivity (Wildman–Crippen MR) is 192 cm³/mol. The third kappa shape index (κ3) is 7.81. The zero-order valence-electron chi connectivity index (χ0n) is 28.9. The van der Waals surface area contributed by atoms with Gasteiger partial charge in [0.15, 0.2) is 5.78 Å². The summed E-state index contributed by atoms with van der Waals surface area (Å²) in [7, 11) is 1.65. The summed E-state index contributed by atoms with van der Waals surface area (Å²) in [5, 5.41) is 15.1. The Hall–Kier alpha value is -4.44. The molecule has 9 heteroatoms. The summed E-state index contributed by atoms with van der Waals surface area (Å²) in [6.45, 7) is 7.50. The van der Waals surface area contributed by atoms with Crippen LogP contribution in [0.5, 0.6) is 17.2 Å². The molecule has 254 valence electrons. The minimum Gasteiger partial charge on any atom is -0.497 e. The van der Waals surface area contributed by atoms with E-state index in [1.165, 1.54) is 6.92 Å². The molecule has 4 aromatic carbocycles. The van der Waals surface area contributed by atoms with Gasteiger partial charge in [-0.05, 0) is 39.5 Å². The molecule has 0 saturated carbocycles. The lowest BCUT2D eigenvalue weighted by Gasteiger charge is -2.44. The van der Waals surface area contributed by atoms with Crippen molar-refractivity contribution in [2.75, 3.05) is 39.9 Å². The summed E-state index contributed by atoms with van der Waals surface area (Å²) in [4.78, 5) is 26.1. The number of Topliss-reactive ketones (excluding diaryl/α,β-unsaturated/α-hetero) is 1. The molecule has 0 fully saturated rings. The zero-order valence-corrected chi connectivity index (χ0v) is 29.9. The lowest BCUT2D eigenvalue weighted by molar-refractivity contribution is -0.126. The highest BCUT2D eigenvalue weighted by atomic mass is 28.4. The standard InChI is InChI=1S/C39H47NO7Si/c1-27(42)40-35-20-14-19-32(38(35)46-7)34(33(36(43)25-41)23-28-21-22-29(44-5)24-37(28)45-6)26-47-48(39(2,3)4,30-15-10-8-11-16-30)31-17-12-9-13-18-31/h8-22,24,33-34,41H,23,25-26H2,1-7H3,(H,40,42)/t33?,34-/m0/s1. The largest absolute Gasteiger partial charge is 0.497 e. The van der Waals surface area contributed by atoms with Gasteiger partial charge in [0.05, 0.1) is 27.0 Å². The van der Waals surface area contributed by atoms with E-state index in [1.54, 1.807) is 33.5 Å². The number of ketones is 1. The first-order valence-electron chi connectivity index (χ1n) is 16.0. The second-order valence-electron chi connectivity index (χ2n) is 12.8. The molecule has 8 nitrogen and oxygen atoms in total. The van der Waals surface area contributed by atoms with Crippen molar-refractivity contribution in [2.45, 2.75) is 45.1 Å². The van der Waals surface area contributed by atoms with Crippen molar-refractivity contribution in [1.29, 1.82) is 0 Å². The Bertz CT molecular complexity index is 1630. The highest BCUT2D eigenvalue weighted by molar-refractivity contribution is 6.99. The molecule has 1 amide bonds. The summed E-state index contributed by atoms with van der Waals surface area (Å²) in [6.07, 6.45) is 0.245. The average molecular weight is 670 g/mol.